The van der Waals surface area contributed by atoms with Crippen molar-refractivity contribution >= 4 is 0 Å². The van der Waals surface area contributed by atoms with Crippen LogP contribution in [0, 0.1) is 5.41 Å². The fourth-order valence-electron chi connectivity index (χ4n) is 2.68. The van der Waals surface area contributed by atoms with Gasteiger partial charge in [-0.15, -0.1) is 0 Å². The van der Waals surface area contributed by atoms with Crippen LogP contribution in [0.1, 0.15) is 25.7 Å². The third kappa shape index (κ3) is 4.92. The van der Waals surface area contributed by atoms with Crippen molar-refractivity contribution in [3.05, 3.63) is 0 Å². The van der Waals surface area contributed by atoms with E-state index in [1.807, 2.05) is 0 Å². The molecule has 0 aromatic carbocycles. The minimum Gasteiger partial charge on any atom is -0.396 e. The van der Waals surface area contributed by atoms with E-state index in [9.17, 15) is 5.11 Å². The molecule has 0 atom stereocenters. The summed E-state index contributed by atoms with van der Waals surface area (Å²) in [5.41, 5.74) is 0.126. The third-order valence-corrected chi connectivity index (χ3v) is 3.78. The van der Waals surface area contributed by atoms with Crippen molar-refractivity contribution in [2.24, 2.45) is 5.41 Å². The number of ether oxygens (including phenoxy) is 2. The lowest BCUT2D eigenvalue weighted by molar-refractivity contribution is 0.0491. The highest BCUT2D eigenvalue weighted by Gasteiger charge is 2.34. The maximum atomic E-state index is 9.63. The number of aliphatic hydroxyl groups is 1. The van der Waals surface area contributed by atoms with Gasteiger partial charge in [0.2, 0.25) is 0 Å². The monoisotopic (exact) mass is 245 g/mol. The van der Waals surface area contributed by atoms with Crippen molar-refractivity contribution < 1.29 is 14.6 Å². The van der Waals surface area contributed by atoms with Gasteiger partial charge in [0.1, 0.15) is 0 Å². The van der Waals surface area contributed by atoms with Crippen LogP contribution < -0.4 is 0 Å². The molecule has 1 aliphatic rings. The number of methoxy groups -OCH3 is 2. The molecule has 1 fully saturated rings. The maximum absolute atomic E-state index is 9.63. The molecular weight excluding hydrogens is 218 g/mol. The summed E-state index contributed by atoms with van der Waals surface area (Å²) in [6.45, 7) is 4.60. The first kappa shape index (κ1) is 14.9. The van der Waals surface area contributed by atoms with Crippen LogP contribution in [-0.4, -0.2) is 63.7 Å². The molecule has 0 bridgehead atoms. The second-order valence-electron chi connectivity index (χ2n) is 5.13. The molecule has 1 aliphatic carbocycles. The Morgan fingerprint density at radius 1 is 1.06 bits per heavy atom. The molecule has 0 saturated heterocycles. The molecule has 0 radical (unpaired) electrons. The smallest absolute Gasteiger partial charge is 0.0589 e. The minimum absolute atomic E-state index is 0.126. The standard InChI is InChI=1S/C13H27NO3/c1-16-9-7-14(8-10-17-2)11-13(12-15)5-3-4-6-13/h15H,3-12H2,1-2H3. The summed E-state index contributed by atoms with van der Waals surface area (Å²) in [4.78, 5) is 2.36. The van der Waals surface area contributed by atoms with Crippen LogP contribution in [0.4, 0.5) is 0 Å². The molecule has 1 N–H and O–H groups in total. The number of rotatable bonds is 9. The summed E-state index contributed by atoms with van der Waals surface area (Å²) in [6, 6.07) is 0. The van der Waals surface area contributed by atoms with Gasteiger partial charge in [-0.2, -0.15) is 0 Å². The molecule has 0 spiro atoms. The highest BCUT2D eigenvalue weighted by Crippen LogP contribution is 2.38. The average molecular weight is 245 g/mol. The molecule has 0 unspecified atom stereocenters. The summed E-state index contributed by atoms with van der Waals surface area (Å²) in [6.07, 6.45) is 4.81. The van der Waals surface area contributed by atoms with E-state index in [2.05, 4.69) is 4.90 Å². The van der Waals surface area contributed by atoms with Crippen LogP contribution in [-0.2, 0) is 9.47 Å². The maximum Gasteiger partial charge on any atom is 0.0589 e. The molecule has 17 heavy (non-hydrogen) atoms. The van der Waals surface area contributed by atoms with E-state index in [1.54, 1.807) is 14.2 Å². The van der Waals surface area contributed by atoms with Gasteiger partial charge in [-0.1, -0.05) is 12.8 Å². The molecule has 0 heterocycles. The van der Waals surface area contributed by atoms with Gasteiger partial charge in [-0.25, -0.2) is 0 Å². The van der Waals surface area contributed by atoms with E-state index in [4.69, 9.17) is 9.47 Å². The van der Waals surface area contributed by atoms with Crippen molar-refractivity contribution in [1.29, 1.82) is 0 Å². The Balaban J connectivity index is 2.44. The molecule has 0 aromatic heterocycles. The van der Waals surface area contributed by atoms with E-state index in [0.717, 1.165) is 45.7 Å². The molecule has 0 aliphatic heterocycles. The normalized spacial score (nSPS) is 19.1. The van der Waals surface area contributed by atoms with Gasteiger partial charge in [0, 0.05) is 45.9 Å². The number of nitrogens with zero attached hydrogens (tertiary/aromatic N) is 1. The average Bonchev–Trinajstić information content (AvgIpc) is 2.82. The minimum atomic E-state index is 0.126. The summed E-state index contributed by atoms with van der Waals surface area (Å²) in [5, 5.41) is 9.63. The Bertz CT molecular complexity index is 185. The van der Waals surface area contributed by atoms with Gasteiger partial charge in [0.15, 0.2) is 0 Å². The van der Waals surface area contributed by atoms with Crippen LogP contribution in [0.5, 0.6) is 0 Å². The summed E-state index contributed by atoms with van der Waals surface area (Å²) in [5.74, 6) is 0. The fourth-order valence-corrected chi connectivity index (χ4v) is 2.68. The molecule has 102 valence electrons. The second-order valence-corrected chi connectivity index (χ2v) is 5.13. The Hall–Kier alpha value is -0.160. The molecule has 1 rings (SSSR count). The first-order valence-corrected chi connectivity index (χ1v) is 6.57. The van der Waals surface area contributed by atoms with Crippen molar-refractivity contribution in [1.82, 2.24) is 4.90 Å². The molecule has 4 heteroatoms. The van der Waals surface area contributed by atoms with Crippen molar-refractivity contribution in [2.45, 2.75) is 25.7 Å². The van der Waals surface area contributed by atoms with Crippen LogP contribution in [0.3, 0.4) is 0 Å². The highest BCUT2D eigenvalue weighted by atomic mass is 16.5. The van der Waals surface area contributed by atoms with Gasteiger partial charge in [-0.3, -0.25) is 4.90 Å². The molecule has 0 amide bonds. The molecular formula is C13H27NO3. The lowest BCUT2D eigenvalue weighted by atomic mass is 9.86. The van der Waals surface area contributed by atoms with E-state index < -0.39 is 0 Å². The lowest BCUT2D eigenvalue weighted by Gasteiger charge is -2.33. The van der Waals surface area contributed by atoms with Gasteiger partial charge >= 0.3 is 0 Å². The van der Waals surface area contributed by atoms with E-state index in [-0.39, 0.29) is 5.41 Å². The zero-order chi connectivity index (χ0) is 12.6. The van der Waals surface area contributed by atoms with Crippen LogP contribution in [0.15, 0.2) is 0 Å². The summed E-state index contributed by atoms with van der Waals surface area (Å²) in [7, 11) is 3.46. The zero-order valence-corrected chi connectivity index (χ0v) is 11.3. The largest absolute Gasteiger partial charge is 0.396 e. The first-order chi connectivity index (χ1) is 8.26. The van der Waals surface area contributed by atoms with E-state index in [1.165, 1.54) is 12.8 Å². The first-order valence-electron chi connectivity index (χ1n) is 6.57. The zero-order valence-electron chi connectivity index (χ0n) is 11.3. The summed E-state index contributed by atoms with van der Waals surface area (Å²) < 4.78 is 10.3. The molecule has 1 saturated carbocycles. The number of hydrogen-bond donors (Lipinski definition) is 1. The second kappa shape index (κ2) is 8.03. The van der Waals surface area contributed by atoms with Crippen molar-refractivity contribution in [3.63, 3.8) is 0 Å². The van der Waals surface area contributed by atoms with Crippen LogP contribution in [0.25, 0.3) is 0 Å². The Kier molecular flexibility index (Phi) is 7.04. The third-order valence-electron chi connectivity index (χ3n) is 3.78. The highest BCUT2D eigenvalue weighted by molar-refractivity contribution is 4.87. The topological polar surface area (TPSA) is 41.9 Å². The van der Waals surface area contributed by atoms with Gasteiger partial charge in [0.05, 0.1) is 13.2 Å². The van der Waals surface area contributed by atoms with Gasteiger partial charge < -0.3 is 14.6 Å². The Morgan fingerprint density at radius 2 is 1.59 bits per heavy atom. The molecule has 0 aromatic rings. The van der Waals surface area contributed by atoms with Crippen LogP contribution in [0.2, 0.25) is 0 Å². The SMILES string of the molecule is COCCN(CCOC)CC1(CO)CCCC1. The van der Waals surface area contributed by atoms with E-state index in [0.29, 0.717) is 6.61 Å². The quantitative estimate of drug-likeness (QED) is 0.661. The van der Waals surface area contributed by atoms with E-state index >= 15 is 0 Å². The Labute approximate surface area is 105 Å². The van der Waals surface area contributed by atoms with Gasteiger partial charge in [0.25, 0.3) is 0 Å². The van der Waals surface area contributed by atoms with Crippen LogP contribution >= 0.6 is 0 Å². The number of hydrogen-bond acceptors (Lipinski definition) is 4. The van der Waals surface area contributed by atoms with Gasteiger partial charge in [-0.05, 0) is 12.8 Å². The Morgan fingerprint density at radius 3 is 2.00 bits per heavy atom. The molecule has 4 nitrogen and oxygen atoms in total. The fraction of sp³-hybridized carbons (Fsp3) is 1.00. The summed E-state index contributed by atoms with van der Waals surface area (Å²) >= 11 is 0. The lowest BCUT2D eigenvalue weighted by Crippen LogP contribution is -2.41. The predicted molar refractivity (Wildman–Crippen MR) is 68.2 cm³/mol. The number of aliphatic hydroxyl groups excluding tert-OH is 1. The van der Waals surface area contributed by atoms with Crippen molar-refractivity contribution in [3.8, 4) is 0 Å². The van der Waals surface area contributed by atoms with Crippen molar-refractivity contribution in [2.75, 3.05) is 53.7 Å². The predicted octanol–water partition coefficient (Wildman–Crippen LogP) is 1.13.